The minimum Gasteiger partial charge on any atom is -0.255 e. The fourth-order valence-corrected chi connectivity index (χ4v) is 3.07. The first-order valence-electron chi connectivity index (χ1n) is 6.37. The monoisotopic (exact) mass is 353 g/mol. The van der Waals surface area contributed by atoms with Gasteiger partial charge in [-0.15, -0.1) is 0 Å². The molecular weight excluding hydrogens is 344 g/mol. The van der Waals surface area contributed by atoms with Gasteiger partial charge < -0.3 is 0 Å². The highest BCUT2D eigenvalue weighted by molar-refractivity contribution is 8.14. The van der Waals surface area contributed by atoms with Gasteiger partial charge in [-0.25, -0.2) is 9.38 Å². The van der Waals surface area contributed by atoms with E-state index in [1.54, 1.807) is 30.3 Å². The van der Waals surface area contributed by atoms with Crippen LogP contribution < -0.4 is 5.43 Å². The molecule has 1 heterocycles. The van der Waals surface area contributed by atoms with E-state index in [4.69, 9.17) is 23.2 Å². The molecule has 0 aromatic heterocycles. The average Bonchev–Trinajstić information content (AvgIpc) is 2.52. The summed E-state index contributed by atoms with van der Waals surface area (Å²) in [7, 11) is 0. The van der Waals surface area contributed by atoms with Crippen molar-refractivity contribution in [2.75, 3.05) is 5.75 Å². The van der Waals surface area contributed by atoms with Gasteiger partial charge in [-0.2, -0.15) is 5.10 Å². The van der Waals surface area contributed by atoms with Crippen LogP contribution in [0.5, 0.6) is 0 Å². The van der Waals surface area contributed by atoms with Gasteiger partial charge in [-0.1, -0.05) is 47.1 Å². The minimum absolute atomic E-state index is 0.264. The summed E-state index contributed by atoms with van der Waals surface area (Å²) < 4.78 is 12.9. The Morgan fingerprint density at radius 3 is 2.55 bits per heavy atom. The Bertz CT molecular complexity index is 760. The Morgan fingerprint density at radius 1 is 1.14 bits per heavy atom. The fourth-order valence-electron chi connectivity index (χ4n) is 1.85. The second-order valence-corrected chi connectivity index (χ2v) is 6.29. The number of halogens is 3. The lowest BCUT2D eigenvalue weighted by Gasteiger charge is -2.15. The quantitative estimate of drug-likeness (QED) is 0.836. The zero-order chi connectivity index (χ0) is 15.5. The van der Waals surface area contributed by atoms with E-state index in [0.717, 1.165) is 11.3 Å². The highest BCUT2D eigenvalue weighted by Gasteiger charge is 2.13. The Morgan fingerprint density at radius 2 is 1.91 bits per heavy atom. The maximum absolute atomic E-state index is 12.9. The number of thioether (sulfide) groups is 1. The van der Waals surface area contributed by atoms with Gasteiger partial charge in [0.1, 0.15) is 5.82 Å². The van der Waals surface area contributed by atoms with Gasteiger partial charge in [-0.3, -0.25) is 5.43 Å². The zero-order valence-corrected chi connectivity index (χ0v) is 13.5. The lowest BCUT2D eigenvalue weighted by atomic mass is 10.1. The Kier molecular flexibility index (Phi) is 4.66. The number of nitrogens with one attached hydrogen (secondary N) is 1. The third kappa shape index (κ3) is 3.61. The highest BCUT2D eigenvalue weighted by Crippen LogP contribution is 2.29. The van der Waals surface area contributed by atoms with E-state index in [-0.39, 0.29) is 5.82 Å². The summed E-state index contributed by atoms with van der Waals surface area (Å²) in [6.07, 6.45) is 0. The lowest BCUT2D eigenvalue weighted by molar-refractivity contribution is 0.628. The van der Waals surface area contributed by atoms with E-state index >= 15 is 0 Å². The summed E-state index contributed by atoms with van der Waals surface area (Å²) in [6, 6.07) is 11.4. The van der Waals surface area contributed by atoms with Crippen LogP contribution in [0.15, 0.2) is 52.6 Å². The number of benzene rings is 2. The van der Waals surface area contributed by atoms with E-state index in [1.165, 1.54) is 23.9 Å². The van der Waals surface area contributed by atoms with Crippen LogP contribution in [-0.2, 0) is 0 Å². The van der Waals surface area contributed by atoms with E-state index in [1.807, 2.05) is 0 Å². The molecule has 3 rings (SSSR count). The number of aliphatic imine (C=N–C) groups is 1. The van der Waals surface area contributed by atoms with Crippen LogP contribution in [0, 0.1) is 5.82 Å². The number of rotatable bonds is 2. The second-order valence-electron chi connectivity index (χ2n) is 4.48. The third-order valence-electron chi connectivity index (χ3n) is 2.94. The smallest absolute Gasteiger partial charge is 0.182 e. The van der Waals surface area contributed by atoms with Gasteiger partial charge in [0.05, 0.1) is 16.4 Å². The SMILES string of the molecule is Fc1ccc(C2=NNC(=Nc3ccc(Cl)cc3Cl)SC2)cc1. The standard InChI is InChI=1S/C15H10Cl2FN3S/c16-10-3-6-13(12(17)7-10)19-15-21-20-14(8-22-15)9-1-4-11(18)5-2-9/h1-7H,8H2,(H,19,21). The summed E-state index contributed by atoms with van der Waals surface area (Å²) in [5.74, 6) is 0.378. The number of nitrogens with zero attached hydrogens (tertiary/aromatic N) is 2. The molecule has 1 aliphatic rings. The molecule has 2 aromatic rings. The Balaban J connectivity index is 1.77. The number of amidine groups is 1. The largest absolute Gasteiger partial charge is 0.255 e. The van der Waals surface area contributed by atoms with Gasteiger partial charge in [0, 0.05) is 10.8 Å². The molecule has 112 valence electrons. The predicted molar refractivity (Wildman–Crippen MR) is 92.1 cm³/mol. The van der Waals surface area contributed by atoms with Crippen LogP contribution in [-0.4, -0.2) is 16.6 Å². The van der Waals surface area contributed by atoms with Crippen LogP contribution in [0.2, 0.25) is 10.0 Å². The van der Waals surface area contributed by atoms with E-state index in [0.29, 0.717) is 26.7 Å². The van der Waals surface area contributed by atoms with Crippen molar-refractivity contribution in [3.63, 3.8) is 0 Å². The predicted octanol–water partition coefficient (Wildman–Crippen LogP) is 4.86. The first kappa shape index (κ1) is 15.3. The summed E-state index contributed by atoms with van der Waals surface area (Å²) in [5, 5.41) is 5.97. The highest BCUT2D eigenvalue weighted by atomic mass is 35.5. The van der Waals surface area contributed by atoms with Gasteiger partial charge in [0.2, 0.25) is 0 Å². The summed E-state index contributed by atoms with van der Waals surface area (Å²) in [5.41, 5.74) is 5.23. The maximum Gasteiger partial charge on any atom is 0.182 e. The molecule has 22 heavy (non-hydrogen) atoms. The molecule has 0 spiro atoms. The van der Waals surface area contributed by atoms with Gasteiger partial charge >= 0.3 is 0 Å². The zero-order valence-electron chi connectivity index (χ0n) is 11.2. The molecule has 1 aliphatic heterocycles. The van der Waals surface area contributed by atoms with Crippen LogP contribution in [0.4, 0.5) is 10.1 Å². The van der Waals surface area contributed by atoms with Crippen molar-refractivity contribution in [2.24, 2.45) is 10.1 Å². The molecule has 0 aliphatic carbocycles. The average molecular weight is 354 g/mol. The number of hydrogen-bond acceptors (Lipinski definition) is 3. The molecule has 0 fully saturated rings. The fraction of sp³-hybridized carbons (Fsp3) is 0.0667. The third-order valence-corrected chi connectivity index (χ3v) is 4.35. The van der Waals surface area contributed by atoms with E-state index in [2.05, 4.69) is 15.5 Å². The van der Waals surface area contributed by atoms with Crippen LogP contribution in [0.25, 0.3) is 0 Å². The molecule has 0 amide bonds. The normalized spacial score (nSPS) is 16.3. The number of hydrogen-bond donors (Lipinski definition) is 1. The lowest BCUT2D eigenvalue weighted by Crippen LogP contribution is -2.25. The first-order chi connectivity index (χ1) is 10.6. The number of hydrazone groups is 1. The van der Waals surface area contributed by atoms with E-state index in [9.17, 15) is 4.39 Å². The van der Waals surface area contributed by atoms with Crippen molar-refractivity contribution >= 4 is 51.5 Å². The molecule has 0 atom stereocenters. The minimum atomic E-state index is -0.264. The molecule has 1 N–H and O–H groups in total. The van der Waals surface area contributed by atoms with Gasteiger partial charge in [0.25, 0.3) is 0 Å². The van der Waals surface area contributed by atoms with Gasteiger partial charge in [0.15, 0.2) is 5.17 Å². The van der Waals surface area contributed by atoms with Crippen molar-refractivity contribution in [1.82, 2.24) is 5.43 Å². The molecule has 0 unspecified atom stereocenters. The van der Waals surface area contributed by atoms with Crippen LogP contribution in [0.1, 0.15) is 5.56 Å². The first-order valence-corrected chi connectivity index (χ1v) is 8.11. The molecule has 3 nitrogen and oxygen atoms in total. The van der Waals surface area contributed by atoms with Crippen molar-refractivity contribution < 1.29 is 4.39 Å². The molecule has 0 saturated heterocycles. The molecule has 2 aromatic carbocycles. The Labute approximate surface area is 141 Å². The topological polar surface area (TPSA) is 36.8 Å². The molecular formula is C15H10Cl2FN3S. The molecule has 0 radical (unpaired) electrons. The summed E-state index contributed by atoms with van der Waals surface area (Å²) in [6.45, 7) is 0. The molecule has 0 bridgehead atoms. The summed E-state index contributed by atoms with van der Waals surface area (Å²) in [4.78, 5) is 4.41. The van der Waals surface area contributed by atoms with E-state index < -0.39 is 0 Å². The van der Waals surface area contributed by atoms with Crippen molar-refractivity contribution in [1.29, 1.82) is 0 Å². The van der Waals surface area contributed by atoms with Gasteiger partial charge in [-0.05, 0) is 35.9 Å². The Hall–Kier alpha value is -1.56. The second kappa shape index (κ2) is 6.69. The molecule has 0 saturated carbocycles. The van der Waals surface area contributed by atoms with Crippen LogP contribution >= 0.6 is 35.0 Å². The van der Waals surface area contributed by atoms with Crippen molar-refractivity contribution in [3.05, 3.63) is 63.9 Å². The van der Waals surface area contributed by atoms with Crippen LogP contribution in [0.3, 0.4) is 0 Å². The van der Waals surface area contributed by atoms with Crippen molar-refractivity contribution in [2.45, 2.75) is 0 Å². The molecule has 7 heteroatoms. The van der Waals surface area contributed by atoms with Crippen molar-refractivity contribution in [3.8, 4) is 0 Å². The maximum atomic E-state index is 12.9. The summed E-state index contributed by atoms with van der Waals surface area (Å²) >= 11 is 13.4.